The van der Waals surface area contributed by atoms with E-state index in [0.29, 0.717) is 17.6 Å². The van der Waals surface area contributed by atoms with Crippen LogP contribution in [0.5, 0.6) is 0 Å². The zero-order chi connectivity index (χ0) is 16.7. The molecule has 1 aromatic carbocycles. The third kappa shape index (κ3) is 5.90. The number of nitrogens with zero attached hydrogens (tertiary/aromatic N) is 1. The molecule has 1 aromatic rings. The molecular weight excluding hydrogens is 330 g/mol. The number of halogens is 1. The maximum Gasteiger partial charge on any atom is 0.191 e. The number of rotatable bonds is 5. The van der Waals surface area contributed by atoms with Crippen molar-refractivity contribution in [1.29, 1.82) is 0 Å². The SMILES string of the molecule is CN=C(NCC(O)c1cccc(Cl)c1)NC1CCCC(SC)C1. The maximum atomic E-state index is 10.3. The van der Waals surface area contributed by atoms with Crippen molar-refractivity contribution >= 4 is 29.3 Å². The highest BCUT2D eigenvalue weighted by Gasteiger charge is 2.22. The highest BCUT2D eigenvalue weighted by Crippen LogP contribution is 2.26. The predicted molar refractivity (Wildman–Crippen MR) is 100 cm³/mol. The van der Waals surface area contributed by atoms with E-state index < -0.39 is 6.10 Å². The second-order valence-electron chi connectivity index (χ2n) is 5.89. The van der Waals surface area contributed by atoms with E-state index in [-0.39, 0.29) is 0 Å². The van der Waals surface area contributed by atoms with E-state index in [0.717, 1.165) is 16.8 Å². The van der Waals surface area contributed by atoms with Crippen LogP contribution in [0.1, 0.15) is 37.4 Å². The van der Waals surface area contributed by atoms with Crippen LogP contribution in [-0.2, 0) is 0 Å². The lowest BCUT2D eigenvalue weighted by atomic mass is 9.95. The number of thioether (sulfide) groups is 1. The minimum atomic E-state index is -0.613. The van der Waals surface area contributed by atoms with Gasteiger partial charge in [0, 0.05) is 29.9 Å². The highest BCUT2D eigenvalue weighted by atomic mass is 35.5. The van der Waals surface area contributed by atoms with Gasteiger partial charge in [0.1, 0.15) is 0 Å². The fourth-order valence-corrected chi connectivity index (χ4v) is 3.93. The third-order valence-corrected chi connectivity index (χ3v) is 5.55. The van der Waals surface area contributed by atoms with Gasteiger partial charge in [-0.2, -0.15) is 11.8 Å². The summed E-state index contributed by atoms with van der Waals surface area (Å²) in [5.41, 5.74) is 0.806. The molecule has 23 heavy (non-hydrogen) atoms. The van der Waals surface area contributed by atoms with Crippen molar-refractivity contribution in [1.82, 2.24) is 10.6 Å². The summed E-state index contributed by atoms with van der Waals surface area (Å²) in [6.07, 6.45) is 6.47. The van der Waals surface area contributed by atoms with Crippen molar-refractivity contribution < 1.29 is 5.11 Å². The van der Waals surface area contributed by atoms with Gasteiger partial charge in [-0.1, -0.05) is 30.2 Å². The van der Waals surface area contributed by atoms with Crippen LogP contribution in [-0.4, -0.2) is 42.2 Å². The van der Waals surface area contributed by atoms with Crippen molar-refractivity contribution in [2.75, 3.05) is 19.8 Å². The average Bonchev–Trinajstić information content (AvgIpc) is 2.58. The molecule has 0 aliphatic heterocycles. The zero-order valence-corrected chi connectivity index (χ0v) is 15.3. The lowest BCUT2D eigenvalue weighted by Crippen LogP contribution is -2.46. The molecule has 6 heteroatoms. The molecule has 3 atom stereocenters. The summed E-state index contributed by atoms with van der Waals surface area (Å²) in [7, 11) is 1.76. The molecule has 0 spiro atoms. The predicted octanol–water partition coefficient (Wildman–Crippen LogP) is 3.21. The number of aliphatic imine (C=N–C) groups is 1. The summed E-state index contributed by atoms with van der Waals surface area (Å²) in [6.45, 7) is 0.401. The summed E-state index contributed by atoms with van der Waals surface area (Å²) < 4.78 is 0. The van der Waals surface area contributed by atoms with E-state index in [9.17, 15) is 5.11 Å². The molecule has 0 aromatic heterocycles. The Bertz CT molecular complexity index is 526. The Hall–Kier alpha value is -0.910. The number of aliphatic hydroxyl groups excluding tert-OH is 1. The Morgan fingerprint density at radius 1 is 1.48 bits per heavy atom. The Balaban J connectivity index is 1.83. The van der Waals surface area contributed by atoms with E-state index in [4.69, 9.17) is 11.6 Å². The van der Waals surface area contributed by atoms with Crippen LogP contribution in [0.15, 0.2) is 29.3 Å². The Morgan fingerprint density at radius 3 is 3.00 bits per heavy atom. The smallest absolute Gasteiger partial charge is 0.191 e. The summed E-state index contributed by atoms with van der Waals surface area (Å²) in [5, 5.41) is 18.3. The monoisotopic (exact) mass is 355 g/mol. The Kier molecular flexibility index (Phi) is 7.53. The first kappa shape index (κ1) is 18.4. The van der Waals surface area contributed by atoms with Gasteiger partial charge in [0.2, 0.25) is 0 Å². The first-order valence-electron chi connectivity index (χ1n) is 8.06. The molecule has 128 valence electrons. The lowest BCUT2D eigenvalue weighted by Gasteiger charge is -2.30. The summed E-state index contributed by atoms with van der Waals surface area (Å²) in [4.78, 5) is 4.27. The van der Waals surface area contributed by atoms with Gasteiger partial charge < -0.3 is 15.7 Å². The molecule has 0 heterocycles. The largest absolute Gasteiger partial charge is 0.387 e. The molecule has 2 rings (SSSR count). The third-order valence-electron chi connectivity index (χ3n) is 4.22. The van der Waals surface area contributed by atoms with E-state index in [1.54, 1.807) is 19.2 Å². The number of hydrogen-bond acceptors (Lipinski definition) is 3. The molecule has 1 aliphatic carbocycles. The first-order valence-corrected chi connectivity index (χ1v) is 9.72. The number of guanidine groups is 1. The summed E-state index contributed by atoms with van der Waals surface area (Å²) in [6, 6.07) is 7.76. The topological polar surface area (TPSA) is 56.7 Å². The van der Waals surface area contributed by atoms with Gasteiger partial charge in [0.25, 0.3) is 0 Å². The molecule has 0 bridgehead atoms. The van der Waals surface area contributed by atoms with Gasteiger partial charge in [0.05, 0.1) is 6.10 Å². The molecule has 1 fully saturated rings. The van der Waals surface area contributed by atoms with Gasteiger partial charge in [-0.15, -0.1) is 0 Å². The summed E-state index contributed by atoms with van der Waals surface area (Å²) in [5.74, 6) is 0.748. The highest BCUT2D eigenvalue weighted by molar-refractivity contribution is 7.99. The van der Waals surface area contributed by atoms with Crippen LogP contribution < -0.4 is 10.6 Å². The van der Waals surface area contributed by atoms with E-state index >= 15 is 0 Å². The van der Waals surface area contributed by atoms with Gasteiger partial charge in [-0.25, -0.2) is 0 Å². The fraction of sp³-hybridized carbons (Fsp3) is 0.588. The number of nitrogens with one attached hydrogen (secondary N) is 2. The molecule has 0 amide bonds. The second-order valence-corrected chi connectivity index (χ2v) is 7.46. The Morgan fingerprint density at radius 2 is 2.30 bits per heavy atom. The van der Waals surface area contributed by atoms with Crippen molar-refractivity contribution in [2.24, 2.45) is 4.99 Å². The van der Waals surface area contributed by atoms with Crippen molar-refractivity contribution in [3.05, 3.63) is 34.9 Å². The fourth-order valence-electron chi connectivity index (χ4n) is 2.90. The minimum absolute atomic E-state index is 0.401. The van der Waals surface area contributed by atoms with Crippen LogP contribution in [0, 0.1) is 0 Å². The minimum Gasteiger partial charge on any atom is -0.387 e. The van der Waals surface area contributed by atoms with Crippen LogP contribution in [0.3, 0.4) is 0 Å². The molecule has 3 unspecified atom stereocenters. The number of aliphatic hydroxyl groups is 1. The molecule has 1 saturated carbocycles. The van der Waals surface area contributed by atoms with Crippen LogP contribution in [0.25, 0.3) is 0 Å². The standard InChI is InChI=1S/C17H26ClN3OS/c1-19-17(21-14-7-4-8-15(10-14)23-2)20-11-16(22)12-5-3-6-13(18)9-12/h3,5-6,9,14-16,22H,4,7-8,10-11H2,1-2H3,(H2,19,20,21). The molecule has 1 aliphatic rings. The number of hydrogen-bond donors (Lipinski definition) is 3. The van der Waals surface area contributed by atoms with Crippen molar-refractivity contribution in [3.63, 3.8) is 0 Å². The molecular formula is C17H26ClN3OS. The van der Waals surface area contributed by atoms with E-state index in [1.165, 1.54) is 25.7 Å². The second kappa shape index (κ2) is 9.40. The maximum absolute atomic E-state index is 10.3. The molecule has 0 radical (unpaired) electrons. The lowest BCUT2D eigenvalue weighted by molar-refractivity contribution is 0.180. The van der Waals surface area contributed by atoms with E-state index in [1.807, 2.05) is 23.9 Å². The molecule has 3 N–H and O–H groups in total. The zero-order valence-electron chi connectivity index (χ0n) is 13.8. The molecule has 0 saturated heterocycles. The summed E-state index contributed by atoms with van der Waals surface area (Å²) >= 11 is 7.91. The van der Waals surface area contributed by atoms with E-state index in [2.05, 4.69) is 21.9 Å². The van der Waals surface area contributed by atoms with Crippen LogP contribution in [0.4, 0.5) is 0 Å². The van der Waals surface area contributed by atoms with Gasteiger partial charge >= 0.3 is 0 Å². The van der Waals surface area contributed by atoms with Crippen molar-refractivity contribution in [3.8, 4) is 0 Å². The average molecular weight is 356 g/mol. The normalized spacial score (nSPS) is 23.4. The first-order chi connectivity index (χ1) is 11.1. The van der Waals surface area contributed by atoms with Crippen molar-refractivity contribution in [2.45, 2.75) is 43.1 Å². The van der Waals surface area contributed by atoms with Crippen LogP contribution in [0.2, 0.25) is 5.02 Å². The van der Waals surface area contributed by atoms with Crippen LogP contribution >= 0.6 is 23.4 Å². The Labute approximate surface area is 148 Å². The van der Waals surface area contributed by atoms with Gasteiger partial charge in [0.15, 0.2) is 5.96 Å². The van der Waals surface area contributed by atoms with Gasteiger partial charge in [-0.05, 0) is 43.2 Å². The quantitative estimate of drug-likeness (QED) is 0.560. The molecule has 4 nitrogen and oxygen atoms in total. The number of benzene rings is 1. The van der Waals surface area contributed by atoms with Gasteiger partial charge in [-0.3, -0.25) is 4.99 Å².